The van der Waals surface area contributed by atoms with Gasteiger partial charge in [-0.2, -0.15) is 0 Å². The van der Waals surface area contributed by atoms with Crippen LogP contribution in [0.2, 0.25) is 0 Å². The Hall–Kier alpha value is -6.81. The monoisotopic (exact) mass is 732 g/mol. The van der Waals surface area contributed by atoms with Gasteiger partial charge in [-0.1, -0.05) is 159 Å². The Morgan fingerprint density at radius 2 is 1.07 bits per heavy atom. The molecule has 0 amide bonds. The summed E-state index contributed by atoms with van der Waals surface area (Å²) < 4.78 is 4.97. The van der Waals surface area contributed by atoms with Crippen LogP contribution in [0.25, 0.3) is 103 Å². The summed E-state index contributed by atoms with van der Waals surface area (Å²) in [4.78, 5) is 5.00. The Morgan fingerprint density at radius 3 is 1.91 bits per heavy atom. The van der Waals surface area contributed by atoms with Crippen molar-refractivity contribution in [2.45, 2.75) is 13.3 Å². The van der Waals surface area contributed by atoms with E-state index in [1.807, 2.05) is 11.3 Å². The summed E-state index contributed by atoms with van der Waals surface area (Å²) in [5.41, 5.74) is 13.1. The standard InChI is InChI=1S/C53H36N2S/c1-2-50-54-45-22-10-12-24-47(45)55(50)46-23-11-8-17-38(46)35-27-29-36(30-28-35)51-39-18-6-7-19-40(39)52(44-33-37(31-32-41(44)51)34-15-4-3-5-16-34)43-21-14-26-49-53(43)42-20-9-13-25-48(42)56-49/h3-33H,2H2,1H3. The molecule has 3 heteroatoms. The van der Waals surface area contributed by atoms with Gasteiger partial charge in [-0.15, -0.1) is 11.3 Å². The van der Waals surface area contributed by atoms with Gasteiger partial charge in [0, 0.05) is 32.2 Å². The maximum atomic E-state index is 5.00. The third kappa shape index (κ3) is 5.12. The van der Waals surface area contributed by atoms with E-state index in [0.29, 0.717) is 0 Å². The van der Waals surface area contributed by atoms with Crippen molar-refractivity contribution in [3.63, 3.8) is 0 Å². The molecule has 2 heterocycles. The molecular weight excluding hydrogens is 697 g/mol. The van der Waals surface area contributed by atoms with Gasteiger partial charge in [-0.05, 0) is 96.9 Å². The Balaban J connectivity index is 1.15. The lowest BCUT2D eigenvalue weighted by Crippen LogP contribution is -2.02. The summed E-state index contributed by atoms with van der Waals surface area (Å²) in [7, 11) is 0. The van der Waals surface area contributed by atoms with Gasteiger partial charge in [0.15, 0.2) is 0 Å². The number of thiophene rings is 1. The lowest BCUT2D eigenvalue weighted by molar-refractivity contribution is 0.909. The SMILES string of the molecule is CCc1nc2ccccc2n1-c1ccccc1-c1ccc(-c2c3ccccc3c(-c3cccc4sc5ccccc5c34)c3cc(-c4ccccc4)ccc23)cc1. The van der Waals surface area contributed by atoms with Crippen LogP contribution in [0.4, 0.5) is 0 Å². The molecule has 0 unspecified atom stereocenters. The first-order chi connectivity index (χ1) is 27.7. The second kappa shape index (κ2) is 13.2. The molecule has 264 valence electrons. The first-order valence-corrected chi connectivity index (χ1v) is 20.2. The zero-order chi connectivity index (χ0) is 37.2. The molecule has 0 aliphatic heterocycles. The van der Waals surface area contributed by atoms with Crippen LogP contribution >= 0.6 is 11.3 Å². The van der Waals surface area contributed by atoms with Gasteiger partial charge >= 0.3 is 0 Å². The number of benzene rings is 9. The van der Waals surface area contributed by atoms with Crippen LogP contribution in [0.5, 0.6) is 0 Å². The summed E-state index contributed by atoms with van der Waals surface area (Å²) in [5.74, 6) is 1.06. The molecule has 0 saturated carbocycles. The van der Waals surface area contributed by atoms with E-state index in [4.69, 9.17) is 4.98 Å². The highest BCUT2D eigenvalue weighted by Crippen LogP contribution is 2.49. The van der Waals surface area contributed by atoms with Crippen molar-refractivity contribution in [2.24, 2.45) is 0 Å². The molecule has 2 nitrogen and oxygen atoms in total. The van der Waals surface area contributed by atoms with Crippen LogP contribution < -0.4 is 0 Å². The third-order valence-electron chi connectivity index (χ3n) is 11.4. The Bertz CT molecular complexity index is 3280. The molecule has 0 N–H and O–H groups in total. The molecule has 0 aliphatic carbocycles. The van der Waals surface area contributed by atoms with Crippen molar-refractivity contribution < 1.29 is 0 Å². The van der Waals surface area contributed by atoms with Gasteiger partial charge in [0.2, 0.25) is 0 Å². The highest BCUT2D eigenvalue weighted by molar-refractivity contribution is 7.26. The molecule has 0 atom stereocenters. The minimum Gasteiger partial charge on any atom is -0.296 e. The number of imidazole rings is 1. The lowest BCUT2D eigenvalue weighted by atomic mass is 9.83. The molecule has 2 aromatic heterocycles. The number of nitrogens with zero attached hydrogens (tertiary/aromatic N) is 2. The zero-order valence-corrected chi connectivity index (χ0v) is 31.7. The summed E-state index contributed by atoms with van der Waals surface area (Å²) in [5, 5.41) is 7.67. The smallest absolute Gasteiger partial charge is 0.114 e. The predicted octanol–water partition coefficient (Wildman–Crippen LogP) is 14.9. The highest BCUT2D eigenvalue weighted by Gasteiger charge is 2.21. The number of aromatic nitrogens is 2. The minimum atomic E-state index is 0.848. The summed E-state index contributed by atoms with van der Waals surface area (Å²) in [6.07, 6.45) is 0.848. The van der Waals surface area contributed by atoms with Crippen molar-refractivity contribution in [2.75, 3.05) is 0 Å². The minimum absolute atomic E-state index is 0.848. The molecular formula is C53H36N2S. The van der Waals surface area contributed by atoms with E-state index in [0.717, 1.165) is 29.0 Å². The van der Waals surface area contributed by atoms with Crippen LogP contribution in [0, 0.1) is 0 Å². The normalized spacial score (nSPS) is 11.7. The largest absolute Gasteiger partial charge is 0.296 e. The predicted molar refractivity (Wildman–Crippen MR) is 240 cm³/mol. The van der Waals surface area contributed by atoms with E-state index < -0.39 is 0 Å². The molecule has 0 fully saturated rings. The van der Waals surface area contributed by atoms with Crippen molar-refractivity contribution in [3.05, 3.63) is 194 Å². The number of aryl methyl sites for hydroxylation is 1. The fraction of sp³-hybridized carbons (Fsp3) is 0.0377. The van der Waals surface area contributed by atoms with Crippen LogP contribution in [0.15, 0.2) is 188 Å². The van der Waals surface area contributed by atoms with Crippen LogP contribution in [-0.4, -0.2) is 9.55 Å². The Morgan fingerprint density at radius 1 is 0.446 bits per heavy atom. The molecule has 0 aliphatic rings. The number of hydrogen-bond donors (Lipinski definition) is 0. The molecule has 0 bridgehead atoms. The average Bonchev–Trinajstić information content (AvgIpc) is 3.84. The zero-order valence-electron chi connectivity index (χ0n) is 30.9. The molecule has 11 rings (SSSR count). The van der Waals surface area contributed by atoms with Gasteiger partial charge in [0.05, 0.1) is 16.7 Å². The summed E-state index contributed by atoms with van der Waals surface area (Å²) in [6, 6.07) is 68.9. The van der Waals surface area contributed by atoms with E-state index in [9.17, 15) is 0 Å². The fourth-order valence-electron chi connectivity index (χ4n) is 8.88. The van der Waals surface area contributed by atoms with Crippen molar-refractivity contribution in [1.82, 2.24) is 9.55 Å². The van der Waals surface area contributed by atoms with E-state index in [-0.39, 0.29) is 0 Å². The molecule has 11 aromatic rings. The number of fused-ring (bicyclic) bond motifs is 6. The topological polar surface area (TPSA) is 17.8 Å². The van der Waals surface area contributed by atoms with Gasteiger partial charge in [0.25, 0.3) is 0 Å². The number of para-hydroxylation sites is 3. The molecule has 0 saturated heterocycles. The average molecular weight is 733 g/mol. The Kier molecular flexibility index (Phi) is 7.68. The molecule has 56 heavy (non-hydrogen) atoms. The van der Waals surface area contributed by atoms with Gasteiger partial charge in [0.1, 0.15) is 5.82 Å². The maximum Gasteiger partial charge on any atom is 0.114 e. The van der Waals surface area contributed by atoms with E-state index in [2.05, 4.69) is 200 Å². The molecule has 9 aromatic carbocycles. The maximum absolute atomic E-state index is 5.00. The Labute approximate surface area is 329 Å². The second-order valence-electron chi connectivity index (χ2n) is 14.5. The second-order valence-corrected chi connectivity index (χ2v) is 15.6. The van der Waals surface area contributed by atoms with Gasteiger partial charge < -0.3 is 0 Å². The molecule has 0 spiro atoms. The van der Waals surface area contributed by atoms with Crippen molar-refractivity contribution in [1.29, 1.82) is 0 Å². The van der Waals surface area contributed by atoms with Gasteiger partial charge in [-0.3, -0.25) is 4.57 Å². The highest BCUT2D eigenvalue weighted by atomic mass is 32.1. The first-order valence-electron chi connectivity index (χ1n) is 19.4. The first kappa shape index (κ1) is 32.6. The quantitative estimate of drug-likeness (QED) is 0.156. The lowest BCUT2D eigenvalue weighted by Gasteiger charge is -2.20. The van der Waals surface area contributed by atoms with Crippen molar-refractivity contribution in [3.8, 4) is 50.2 Å². The fourth-order valence-corrected chi connectivity index (χ4v) is 10.0. The van der Waals surface area contributed by atoms with Crippen LogP contribution in [0.3, 0.4) is 0 Å². The number of hydrogen-bond acceptors (Lipinski definition) is 2. The van der Waals surface area contributed by atoms with E-state index >= 15 is 0 Å². The van der Waals surface area contributed by atoms with Crippen molar-refractivity contribution >= 4 is 64.1 Å². The van der Waals surface area contributed by atoms with Crippen LogP contribution in [0.1, 0.15) is 12.7 Å². The van der Waals surface area contributed by atoms with E-state index in [1.54, 1.807) is 0 Å². The third-order valence-corrected chi connectivity index (χ3v) is 12.5. The van der Waals surface area contributed by atoms with Gasteiger partial charge in [-0.25, -0.2) is 4.98 Å². The van der Waals surface area contributed by atoms with Crippen LogP contribution in [-0.2, 0) is 6.42 Å². The summed E-state index contributed by atoms with van der Waals surface area (Å²) >= 11 is 1.88. The summed E-state index contributed by atoms with van der Waals surface area (Å²) in [6.45, 7) is 2.18. The molecule has 0 radical (unpaired) electrons. The number of rotatable bonds is 6. The van der Waals surface area contributed by atoms with E-state index in [1.165, 1.54) is 86.2 Å².